The summed E-state index contributed by atoms with van der Waals surface area (Å²) in [7, 11) is 0. The molecule has 1 aromatic heterocycles. The fourth-order valence-electron chi connectivity index (χ4n) is 4.37. The lowest BCUT2D eigenvalue weighted by Crippen LogP contribution is -2.43. The predicted octanol–water partition coefficient (Wildman–Crippen LogP) is 2.32. The summed E-state index contributed by atoms with van der Waals surface area (Å²) in [6.07, 6.45) is 10.1. The average Bonchev–Trinajstić information content (AvgIpc) is 3.27. The first kappa shape index (κ1) is 15.5. The van der Waals surface area contributed by atoms with Gasteiger partial charge in [-0.05, 0) is 69.9 Å². The highest BCUT2D eigenvalue weighted by Gasteiger charge is 2.36. The third kappa shape index (κ3) is 3.59. The van der Waals surface area contributed by atoms with Crippen LogP contribution in [0.1, 0.15) is 69.2 Å². The van der Waals surface area contributed by atoms with Gasteiger partial charge in [0.25, 0.3) is 5.89 Å². The van der Waals surface area contributed by atoms with E-state index in [4.69, 9.17) is 9.26 Å². The number of nitrogens with zero attached hydrogens (tertiary/aromatic N) is 2. The highest BCUT2D eigenvalue weighted by molar-refractivity contribution is 4.94. The van der Waals surface area contributed by atoms with Crippen LogP contribution < -0.4 is 10.6 Å². The van der Waals surface area contributed by atoms with Crippen molar-refractivity contribution in [3.63, 3.8) is 0 Å². The summed E-state index contributed by atoms with van der Waals surface area (Å²) in [5.41, 5.74) is 0.628. The molecule has 2 saturated heterocycles. The van der Waals surface area contributed by atoms with Gasteiger partial charge in [-0.1, -0.05) is 5.16 Å². The summed E-state index contributed by atoms with van der Waals surface area (Å²) in [6, 6.07) is 0.597. The third-order valence-electron chi connectivity index (χ3n) is 5.95. The molecule has 0 radical (unpaired) electrons. The second-order valence-corrected chi connectivity index (χ2v) is 7.46. The van der Waals surface area contributed by atoms with Gasteiger partial charge in [0, 0.05) is 12.6 Å². The minimum atomic E-state index is 0.0192. The molecule has 128 valence electrons. The molecule has 2 aliphatic heterocycles. The monoisotopic (exact) mass is 320 g/mol. The maximum Gasteiger partial charge on any atom is 0.255 e. The number of hydrogen-bond acceptors (Lipinski definition) is 6. The zero-order chi connectivity index (χ0) is 15.5. The lowest BCUT2D eigenvalue weighted by atomic mass is 9.67. The van der Waals surface area contributed by atoms with Gasteiger partial charge in [0.2, 0.25) is 0 Å². The number of nitrogens with one attached hydrogen (secondary N) is 2. The molecule has 1 spiro atoms. The number of piperidine rings is 1. The van der Waals surface area contributed by atoms with Gasteiger partial charge in [-0.2, -0.15) is 4.98 Å². The Labute approximate surface area is 137 Å². The van der Waals surface area contributed by atoms with E-state index in [1.807, 2.05) is 0 Å². The summed E-state index contributed by atoms with van der Waals surface area (Å²) >= 11 is 0. The van der Waals surface area contributed by atoms with Crippen molar-refractivity contribution in [2.24, 2.45) is 5.41 Å². The minimum absolute atomic E-state index is 0.0192. The second kappa shape index (κ2) is 6.87. The van der Waals surface area contributed by atoms with Crippen LogP contribution in [0.15, 0.2) is 4.52 Å². The lowest BCUT2D eigenvalue weighted by molar-refractivity contribution is 0.0835. The molecule has 1 aromatic rings. The fraction of sp³-hybridized carbons (Fsp3) is 0.882. The molecule has 1 aliphatic carbocycles. The van der Waals surface area contributed by atoms with Crippen LogP contribution >= 0.6 is 0 Å². The van der Waals surface area contributed by atoms with Gasteiger partial charge < -0.3 is 19.9 Å². The Balaban J connectivity index is 1.24. The van der Waals surface area contributed by atoms with Gasteiger partial charge in [-0.3, -0.25) is 0 Å². The Hall–Kier alpha value is -0.980. The maximum absolute atomic E-state index is 5.59. The Morgan fingerprint density at radius 3 is 2.70 bits per heavy atom. The molecule has 6 heteroatoms. The van der Waals surface area contributed by atoms with E-state index >= 15 is 0 Å². The molecule has 1 saturated carbocycles. The van der Waals surface area contributed by atoms with E-state index in [1.165, 1.54) is 51.6 Å². The molecular formula is C17H28N4O2. The van der Waals surface area contributed by atoms with Crippen LogP contribution in [0.2, 0.25) is 0 Å². The van der Waals surface area contributed by atoms with Crippen LogP contribution in [-0.4, -0.2) is 35.9 Å². The van der Waals surface area contributed by atoms with Crippen LogP contribution in [0.3, 0.4) is 0 Å². The van der Waals surface area contributed by atoms with Gasteiger partial charge in [-0.25, -0.2) is 0 Å². The van der Waals surface area contributed by atoms with E-state index in [2.05, 4.69) is 20.8 Å². The Kier molecular flexibility index (Phi) is 4.64. The smallest absolute Gasteiger partial charge is 0.255 e. The van der Waals surface area contributed by atoms with E-state index in [0.717, 1.165) is 25.3 Å². The van der Waals surface area contributed by atoms with Gasteiger partial charge in [0.1, 0.15) is 6.10 Å². The summed E-state index contributed by atoms with van der Waals surface area (Å²) in [6.45, 7) is 3.91. The van der Waals surface area contributed by atoms with Crippen LogP contribution in [-0.2, 0) is 11.3 Å². The van der Waals surface area contributed by atoms with Crippen molar-refractivity contribution in [1.82, 2.24) is 20.8 Å². The van der Waals surface area contributed by atoms with Gasteiger partial charge >= 0.3 is 0 Å². The zero-order valence-electron chi connectivity index (χ0n) is 13.9. The minimum Gasteiger partial charge on any atom is -0.368 e. The summed E-state index contributed by atoms with van der Waals surface area (Å²) < 4.78 is 10.9. The number of ether oxygens (including phenoxy) is 1. The quantitative estimate of drug-likeness (QED) is 0.887. The highest BCUT2D eigenvalue weighted by Crippen LogP contribution is 2.43. The molecule has 4 rings (SSSR count). The topological polar surface area (TPSA) is 72.2 Å². The molecule has 6 nitrogen and oxygen atoms in total. The first-order valence-corrected chi connectivity index (χ1v) is 9.21. The van der Waals surface area contributed by atoms with Crippen molar-refractivity contribution in [3.8, 4) is 0 Å². The van der Waals surface area contributed by atoms with Crippen LogP contribution in [0, 0.1) is 5.41 Å². The van der Waals surface area contributed by atoms with E-state index < -0.39 is 0 Å². The maximum atomic E-state index is 5.59. The predicted molar refractivity (Wildman–Crippen MR) is 85.9 cm³/mol. The number of hydrogen-bond donors (Lipinski definition) is 2. The lowest BCUT2D eigenvalue weighted by Gasteiger charge is -2.43. The van der Waals surface area contributed by atoms with Crippen molar-refractivity contribution in [2.45, 2.75) is 70.1 Å². The molecule has 23 heavy (non-hydrogen) atoms. The van der Waals surface area contributed by atoms with Crippen molar-refractivity contribution < 1.29 is 9.26 Å². The van der Waals surface area contributed by atoms with E-state index in [0.29, 0.717) is 23.9 Å². The molecule has 3 heterocycles. The molecule has 0 unspecified atom stereocenters. The SMILES string of the molecule is C1CO[C@@H](c2nc(CNC3CCC4(CCNCC4)CC3)no2)C1. The molecule has 3 aliphatic rings. The molecule has 0 amide bonds. The standard InChI is InChI=1S/C17H28N4O2/c1-2-14(22-11-1)16-20-15(21-23-16)12-19-13-3-5-17(6-4-13)7-9-18-10-8-17/h13-14,18-19H,1-12H2/t14-/m1/s1. The number of rotatable bonds is 4. The summed E-state index contributed by atoms with van der Waals surface area (Å²) in [4.78, 5) is 4.49. The average molecular weight is 320 g/mol. The molecule has 0 aromatic carbocycles. The van der Waals surface area contributed by atoms with Crippen molar-refractivity contribution in [3.05, 3.63) is 11.7 Å². The Morgan fingerprint density at radius 1 is 1.13 bits per heavy atom. The van der Waals surface area contributed by atoms with Crippen LogP contribution in [0.25, 0.3) is 0 Å². The largest absolute Gasteiger partial charge is 0.368 e. The Bertz CT molecular complexity index is 496. The summed E-state index contributed by atoms with van der Waals surface area (Å²) in [5, 5.41) is 11.2. The van der Waals surface area contributed by atoms with Gasteiger partial charge in [0.05, 0.1) is 6.54 Å². The van der Waals surface area contributed by atoms with E-state index in [9.17, 15) is 0 Å². The van der Waals surface area contributed by atoms with Crippen LogP contribution in [0.5, 0.6) is 0 Å². The summed E-state index contributed by atoms with van der Waals surface area (Å²) in [5.74, 6) is 1.41. The van der Waals surface area contributed by atoms with Gasteiger partial charge in [-0.15, -0.1) is 0 Å². The van der Waals surface area contributed by atoms with Crippen molar-refractivity contribution in [2.75, 3.05) is 19.7 Å². The van der Waals surface area contributed by atoms with E-state index in [1.54, 1.807) is 0 Å². The molecular weight excluding hydrogens is 292 g/mol. The third-order valence-corrected chi connectivity index (χ3v) is 5.95. The fourth-order valence-corrected chi connectivity index (χ4v) is 4.37. The first-order valence-electron chi connectivity index (χ1n) is 9.21. The van der Waals surface area contributed by atoms with E-state index in [-0.39, 0.29) is 6.10 Å². The first-order chi connectivity index (χ1) is 11.3. The zero-order valence-corrected chi connectivity index (χ0v) is 13.9. The highest BCUT2D eigenvalue weighted by atomic mass is 16.5. The van der Waals surface area contributed by atoms with Crippen LogP contribution in [0.4, 0.5) is 0 Å². The van der Waals surface area contributed by atoms with Crippen molar-refractivity contribution >= 4 is 0 Å². The Morgan fingerprint density at radius 2 is 1.96 bits per heavy atom. The molecule has 2 N–H and O–H groups in total. The normalized spacial score (nSPS) is 28.4. The second-order valence-electron chi connectivity index (χ2n) is 7.46. The molecule has 0 bridgehead atoms. The van der Waals surface area contributed by atoms with Gasteiger partial charge in [0.15, 0.2) is 5.82 Å². The molecule has 3 fully saturated rings. The van der Waals surface area contributed by atoms with Crippen molar-refractivity contribution in [1.29, 1.82) is 0 Å². The number of aromatic nitrogens is 2. The molecule has 1 atom stereocenters.